The minimum absolute atomic E-state index is 0.213. The van der Waals surface area contributed by atoms with E-state index in [4.69, 9.17) is 4.74 Å². The molecule has 0 amide bonds. The molecule has 0 spiro atoms. The fourth-order valence-electron chi connectivity index (χ4n) is 1.30. The van der Waals surface area contributed by atoms with Crippen molar-refractivity contribution in [2.24, 2.45) is 0 Å². The molecule has 2 aromatic rings. The highest BCUT2D eigenvalue weighted by Crippen LogP contribution is 2.36. The van der Waals surface area contributed by atoms with E-state index < -0.39 is 22.2 Å². The van der Waals surface area contributed by atoms with Crippen LogP contribution in [0.5, 0.6) is 10.8 Å². The van der Waals surface area contributed by atoms with Crippen LogP contribution in [0.25, 0.3) is 0 Å². The van der Waals surface area contributed by atoms with Crippen LogP contribution in [-0.4, -0.2) is 11.2 Å². The number of rotatable bonds is 4. The van der Waals surface area contributed by atoms with E-state index in [0.717, 1.165) is 23.5 Å². The maximum Gasteiger partial charge on any atom is 0.314 e. The molecule has 18 heavy (non-hydrogen) atoms. The van der Waals surface area contributed by atoms with Crippen LogP contribution < -0.4 is 4.74 Å². The summed E-state index contributed by atoms with van der Waals surface area (Å²) in [7, 11) is 0. The maximum atomic E-state index is 13.5. The van der Waals surface area contributed by atoms with Gasteiger partial charge in [-0.2, -0.15) is 0 Å². The van der Waals surface area contributed by atoms with Gasteiger partial charge in [0, 0.05) is 6.07 Å². The first-order valence-corrected chi connectivity index (χ1v) is 5.59. The lowest BCUT2D eigenvalue weighted by atomic mass is 10.3. The lowest BCUT2D eigenvalue weighted by Gasteiger charge is -2.04. The molecule has 92 valence electrons. The third-order valence-electron chi connectivity index (χ3n) is 2.06. The van der Waals surface area contributed by atoms with Gasteiger partial charge in [-0.3, -0.25) is 14.9 Å². The van der Waals surface area contributed by atoms with Gasteiger partial charge in [-0.1, -0.05) is 17.4 Å². The number of thiophene rings is 1. The summed E-state index contributed by atoms with van der Waals surface area (Å²) < 4.78 is 18.6. The van der Waals surface area contributed by atoms with Crippen LogP contribution in [0.4, 0.5) is 10.1 Å². The molecular formula is C11H6FNO4S. The highest BCUT2D eigenvalue weighted by molar-refractivity contribution is 7.15. The van der Waals surface area contributed by atoms with Crippen molar-refractivity contribution in [1.82, 2.24) is 0 Å². The number of hydrogen-bond acceptors (Lipinski definition) is 5. The van der Waals surface area contributed by atoms with Gasteiger partial charge in [0.1, 0.15) is 0 Å². The zero-order valence-electron chi connectivity index (χ0n) is 8.83. The molecule has 0 radical (unpaired) electrons. The Balaban J connectivity index is 2.38. The molecule has 0 fully saturated rings. The van der Waals surface area contributed by atoms with Gasteiger partial charge >= 0.3 is 5.69 Å². The molecule has 0 bridgehead atoms. The van der Waals surface area contributed by atoms with Gasteiger partial charge in [0.2, 0.25) is 5.75 Å². The van der Waals surface area contributed by atoms with Gasteiger partial charge in [-0.05, 0) is 18.2 Å². The molecule has 1 aromatic heterocycles. The van der Waals surface area contributed by atoms with Crippen molar-refractivity contribution in [2.75, 3.05) is 0 Å². The fourth-order valence-corrected chi connectivity index (χ4v) is 1.97. The second-order valence-electron chi connectivity index (χ2n) is 3.22. The smallest absolute Gasteiger partial charge is 0.314 e. The number of para-hydroxylation sites is 1. The normalized spacial score (nSPS) is 10.1. The molecule has 1 aromatic carbocycles. The summed E-state index contributed by atoms with van der Waals surface area (Å²) in [4.78, 5) is 20.9. The summed E-state index contributed by atoms with van der Waals surface area (Å²) in [5, 5.41) is 10.9. The molecule has 0 N–H and O–H groups in total. The predicted octanol–water partition coefficient (Wildman–Crippen LogP) is 3.40. The van der Waals surface area contributed by atoms with Crippen LogP contribution in [-0.2, 0) is 0 Å². The highest BCUT2D eigenvalue weighted by Gasteiger charge is 2.20. The van der Waals surface area contributed by atoms with Crippen molar-refractivity contribution in [3.8, 4) is 10.8 Å². The fraction of sp³-hybridized carbons (Fsp3) is 0. The number of ether oxygens (including phenoxy) is 1. The number of nitro benzene ring substituents is 1. The first-order valence-electron chi connectivity index (χ1n) is 4.77. The molecule has 2 rings (SSSR count). The lowest BCUT2D eigenvalue weighted by Crippen LogP contribution is -1.95. The first kappa shape index (κ1) is 12.2. The Morgan fingerprint density at radius 3 is 2.72 bits per heavy atom. The van der Waals surface area contributed by atoms with E-state index >= 15 is 0 Å². The topological polar surface area (TPSA) is 69.4 Å². The van der Waals surface area contributed by atoms with Crippen LogP contribution in [0.3, 0.4) is 0 Å². The second-order valence-corrected chi connectivity index (χ2v) is 4.30. The summed E-state index contributed by atoms with van der Waals surface area (Å²) >= 11 is 0.977. The summed E-state index contributed by atoms with van der Waals surface area (Å²) in [6.45, 7) is 0. The molecule has 0 atom stereocenters. The van der Waals surface area contributed by atoms with E-state index in [0.29, 0.717) is 11.2 Å². The SMILES string of the molecule is O=Cc1ccc(Oc2c(F)cccc2[N+](=O)[O-])s1. The molecule has 1 heterocycles. The van der Waals surface area contributed by atoms with Crippen molar-refractivity contribution in [3.63, 3.8) is 0 Å². The number of nitrogens with zero attached hydrogens (tertiary/aromatic N) is 1. The van der Waals surface area contributed by atoms with Gasteiger partial charge in [-0.25, -0.2) is 4.39 Å². The summed E-state index contributed by atoms with van der Waals surface area (Å²) in [5.74, 6) is -1.29. The number of benzene rings is 1. The molecule has 0 unspecified atom stereocenters. The van der Waals surface area contributed by atoms with Gasteiger partial charge in [-0.15, -0.1) is 0 Å². The largest absolute Gasteiger partial charge is 0.436 e. The van der Waals surface area contributed by atoms with Crippen LogP contribution in [0.2, 0.25) is 0 Å². The minimum atomic E-state index is -0.828. The van der Waals surface area contributed by atoms with Gasteiger partial charge in [0.25, 0.3) is 0 Å². The van der Waals surface area contributed by atoms with Crippen molar-refractivity contribution >= 4 is 23.3 Å². The van der Waals surface area contributed by atoms with Crippen molar-refractivity contribution in [3.05, 3.63) is 51.1 Å². The Hall–Kier alpha value is -2.28. The number of carbonyl (C=O) groups excluding carboxylic acids is 1. The van der Waals surface area contributed by atoms with E-state index in [9.17, 15) is 19.3 Å². The Morgan fingerprint density at radius 2 is 2.11 bits per heavy atom. The van der Waals surface area contributed by atoms with Crippen molar-refractivity contribution < 1.29 is 18.8 Å². The molecule has 0 saturated carbocycles. The number of halogens is 1. The van der Waals surface area contributed by atoms with Crippen LogP contribution in [0, 0.1) is 15.9 Å². The van der Waals surface area contributed by atoms with Crippen LogP contribution in [0.1, 0.15) is 9.67 Å². The maximum absolute atomic E-state index is 13.5. The number of hydrogen-bond donors (Lipinski definition) is 0. The summed E-state index contributed by atoms with van der Waals surface area (Å²) in [5.41, 5.74) is -0.462. The van der Waals surface area contributed by atoms with Gasteiger partial charge in [0.15, 0.2) is 17.2 Å². The molecular weight excluding hydrogens is 261 g/mol. The highest BCUT2D eigenvalue weighted by atomic mass is 32.1. The van der Waals surface area contributed by atoms with E-state index in [2.05, 4.69) is 0 Å². The zero-order chi connectivity index (χ0) is 13.1. The minimum Gasteiger partial charge on any atom is -0.436 e. The molecule has 0 saturated heterocycles. The Morgan fingerprint density at radius 1 is 1.33 bits per heavy atom. The molecule has 0 aliphatic carbocycles. The van der Waals surface area contributed by atoms with Gasteiger partial charge < -0.3 is 4.74 Å². The number of aldehydes is 1. The van der Waals surface area contributed by atoms with Crippen molar-refractivity contribution in [1.29, 1.82) is 0 Å². The molecule has 0 aliphatic heterocycles. The van der Waals surface area contributed by atoms with E-state index in [-0.39, 0.29) is 5.06 Å². The zero-order valence-corrected chi connectivity index (χ0v) is 9.65. The lowest BCUT2D eigenvalue weighted by molar-refractivity contribution is -0.385. The summed E-state index contributed by atoms with van der Waals surface area (Å²) in [6, 6.07) is 6.37. The van der Waals surface area contributed by atoms with Gasteiger partial charge in [0.05, 0.1) is 9.80 Å². The standard InChI is InChI=1S/C11H6FNO4S/c12-8-2-1-3-9(13(15)16)11(8)17-10-5-4-7(6-14)18-10/h1-6H. The summed E-state index contributed by atoms with van der Waals surface area (Å²) in [6.07, 6.45) is 0.618. The van der Waals surface area contributed by atoms with E-state index in [1.54, 1.807) is 0 Å². The van der Waals surface area contributed by atoms with Crippen LogP contribution in [0.15, 0.2) is 30.3 Å². The Kier molecular flexibility index (Phi) is 3.33. The number of nitro groups is 1. The first-order chi connectivity index (χ1) is 8.61. The van der Waals surface area contributed by atoms with E-state index in [1.807, 2.05) is 0 Å². The predicted molar refractivity (Wildman–Crippen MR) is 62.8 cm³/mol. The number of carbonyl (C=O) groups is 1. The average Bonchev–Trinajstić information content (AvgIpc) is 2.79. The Labute approximate surface area is 105 Å². The third kappa shape index (κ3) is 2.35. The van der Waals surface area contributed by atoms with Crippen LogP contribution >= 0.6 is 11.3 Å². The van der Waals surface area contributed by atoms with E-state index in [1.165, 1.54) is 18.2 Å². The third-order valence-corrected chi connectivity index (χ3v) is 2.95. The van der Waals surface area contributed by atoms with Crippen molar-refractivity contribution in [2.45, 2.75) is 0 Å². The monoisotopic (exact) mass is 267 g/mol. The quantitative estimate of drug-likeness (QED) is 0.483. The average molecular weight is 267 g/mol. The Bertz CT molecular complexity index is 611. The second kappa shape index (κ2) is 4.92. The molecule has 7 heteroatoms. The molecule has 0 aliphatic rings. The molecule has 5 nitrogen and oxygen atoms in total.